The first-order chi connectivity index (χ1) is 8.42. The molecule has 0 aliphatic carbocycles. The Kier molecular flexibility index (Phi) is 3.64. The van der Waals surface area contributed by atoms with Gasteiger partial charge >= 0.3 is 0 Å². The van der Waals surface area contributed by atoms with Gasteiger partial charge in [0.1, 0.15) is 0 Å². The Labute approximate surface area is 114 Å². The predicted molar refractivity (Wildman–Crippen MR) is 72.5 cm³/mol. The molecule has 2 rings (SSSR count). The molecule has 0 N–H and O–H groups in total. The molecule has 1 aliphatic heterocycles. The van der Waals surface area contributed by atoms with E-state index in [1.807, 2.05) is 6.92 Å². The van der Waals surface area contributed by atoms with Crippen LogP contribution in [0.1, 0.15) is 30.1 Å². The van der Waals surface area contributed by atoms with Gasteiger partial charge in [-0.3, -0.25) is 14.9 Å². The average molecular weight is 286 g/mol. The SMILES string of the molecule is CC1(C(=O)c2cc(Cl)cc([N+](=O)[O-])c2)CCCS1. The fraction of sp³-hybridized carbons (Fsp3) is 0.417. The number of carbonyl (C=O) groups excluding carboxylic acids is 1. The number of halogens is 1. The van der Waals surface area contributed by atoms with Crippen molar-refractivity contribution in [1.82, 2.24) is 0 Å². The molecule has 0 bridgehead atoms. The zero-order valence-electron chi connectivity index (χ0n) is 9.81. The summed E-state index contributed by atoms with van der Waals surface area (Å²) in [7, 11) is 0. The number of hydrogen-bond acceptors (Lipinski definition) is 4. The van der Waals surface area contributed by atoms with Gasteiger partial charge < -0.3 is 0 Å². The number of Topliss-reactive ketones (excluding diaryl/α,β-unsaturated/α-hetero) is 1. The van der Waals surface area contributed by atoms with E-state index in [9.17, 15) is 14.9 Å². The summed E-state index contributed by atoms with van der Waals surface area (Å²) in [6, 6.07) is 4.06. The molecular weight excluding hydrogens is 274 g/mol. The van der Waals surface area contributed by atoms with Gasteiger partial charge in [-0.25, -0.2) is 0 Å². The van der Waals surface area contributed by atoms with E-state index in [4.69, 9.17) is 11.6 Å². The Bertz CT molecular complexity index is 512. The van der Waals surface area contributed by atoms with Crippen LogP contribution in [-0.2, 0) is 0 Å². The van der Waals surface area contributed by atoms with Crippen LogP contribution in [0, 0.1) is 10.1 Å². The first-order valence-corrected chi connectivity index (χ1v) is 6.92. The molecule has 1 aromatic rings. The van der Waals surface area contributed by atoms with Gasteiger partial charge in [-0.2, -0.15) is 0 Å². The molecule has 6 heteroatoms. The molecule has 1 aliphatic rings. The number of carbonyl (C=O) groups is 1. The van der Waals surface area contributed by atoms with Crippen molar-refractivity contribution in [3.63, 3.8) is 0 Å². The minimum Gasteiger partial charge on any atom is -0.293 e. The van der Waals surface area contributed by atoms with Crippen molar-refractivity contribution in [1.29, 1.82) is 0 Å². The lowest BCUT2D eigenvalue weighted by Crippen LogP contribution is -2.28. The van der Waals surface area contributed by atoms with E-state index >= 15 is 0 Å². The summed E-state index contributed by atoms with van der Waals surface area (Å²) in [6.45, 7) is 1.89. The number of nitrogens with zero attached hydrogens (tertiary/aromatic N) is 1. The van der Waals surface area contributed by atoms with Crippen molar-refractivity contribution < 1.29 is 9.72 Å². The number of thioether (sulfide) groups is 1. The smallest absolute Gasteiger partial charge is 0.271 e. The van der Waals surface area contributed by atoms with Gasteiger partial charge in [0, 0.05) is 22.7 Å². The standard InChI is InChI=1S/C12H12ClNO3S/c1-12(3-2-4-18-12)11(15)8-5-9(13)7-10(6-8)14(16)17/h5-7H,2-4H2,1H3. The molecule has 1 fully saturated rings. The van der Waals surface area contributed by atoms with E-state index in [-0.39, 0.29) is 16.5 Å². The summed E-state index contributed by atoms with van der Waals surface area (Å²) >= 11 is 7.43. The van der Waals surface area contributed by atoms with Crippen molar-refractivity contribution in [2.75, 3.05) is 5.75 Å². The number of rotatable bonds is 3. The fourth-order valence-electron chi connectivity index (χ4n) is 2.07. The summed E-state index contributed by atoms with van der Waals surface area (Å²) in [6.07, 6.45) is 1.80. The highest BCUT2D eigenvalue weighted by molar-refractivity contribution is 8.01. The second kappa shape index (κ2) is 4.90. The summed E-state index contributed by atoms with van der Waals surface area (Å²) in [5, 5.41) is 11.0. The first-order valence-electron chi connectivity index (χ1n) is 5.56. The van der Waals surface area contributed by atoms with Crippen molar-refractivity contribution in [2.45, 2.75) is 24.5 Å². The van der Waals surface area contributed by atoms with Crippen LogP contribution in [0.4, 0.5) is 5.69 Å². The van der Waals surface area contributed by atoms with E-state index in [2.05, 4.69) is 0 Å². The van der Waals surface area contributed by atoms with Crippen LogP contribution in [-0.4, -0.2) is 21.2 Å². The lowest BCUT2D eigenvalue weighted by atomic mass is 9.94. The van der Waals surface area contributed by atoms with Crippen molar-refractivity contribution >= 4 is 34.8 Å². The normalized spacial score (nSPS) is 23.0. The van der Waals surface area contributed by atoms with Crippen LogP contribution in [0.25, 0.3) is 0 Å². The molecule has 0 radical (unpaired) electrons. The highest BCUT2D eigenvalue weighted by Gasteiger charge is 2.38. The molecule has 1 aromatic carbocycles. The zero-order chi connectivity index (χ0) is 13.3. The van der Waals surface area contributed by atoms with Crippen LogP contribution in [0.3, 0.4) is 0 Å². The lowest BCUT2D eigenvalue weighted by Gasteiger charge is -2.20. The van der Waals surface area contributed by atoms with E-state index in [1.54, 1.807) is 11.8 Å². The zero-order valence-corrected chi connectivity index (χ0v) is 11.4. The molecule has 1 saturated heterocycles. The van der Waals surface area contributed by atoms with Crippen LogP contribution in [0.15, 0.2) is 18.2 Å². The summed E-state index contributed by atoms with van der Waals surface area (Å²) in [4.78, 5) is 22.6. The molecule has 0 saturated carbocycles. The quantitative estimate of drug-likeness (QED) is 0.482. The van der Waals surface area contributed by atoms with Gasteiger partial charge in [0.15, 0.2) is 5.78 Å². The second-order valence-corrected chi connectivity index (χ2v) is 6.50. The minimum absolute atomic E-state index is 0.0735. The maximum Gasteiger partial charge on any atom is 0.271 e. The Morgan fingerprint density at radius 2 is 2.22 bits per heavy atom. The topological polar surface area (TPSA) is 60.2 Å². The molecule has 1 unspecified atom stereocenters. The number of hydrogen-bond donors (Lipinski definition) is 0. The predicted octanol–water partition coefficient (Wildman–Crippen LogP) is 3.72. The van der Waals surface area contributed by atoms with Crippen LogP contribution < -0.4 is 0 Å². The van der Waals surface area contributed by atoms with Crippen molar-refractivity contribution in [3.8, 4) is 0 Å². The number of nitro benzene ring substituents is 1. The maximum absolute atomic E-state index is 12.4. The molecule has 18 heavy (non-hydrogen) atoms. The van der Waals surface area contributed by atoms with Crippen LogP contribution in [0.2, 0.25) is 5.02 Å². The Morgan fingerprint density at radius 1 is 1.50 bits per heavy atom. The molecule has 0 amide bonds. The van der Waals surface area contributed by atoms with Gasteiger partial charge in [-0.1, -0.05) is 11.6 Å². The molecule has 1 atom stereocenters. The fourth-order valence-corrected chi connectivity index (χ4v) is 3.58. The highest BCUT2D eigenvalue weighted by Crippen LogP contribution is 2.40. The first kappa shape index (κ1) is 13.4. The number of benzene rings is 1. The summed E-state index contributed by atoms with van der Waals surface area (Å²) < 4.78 is -0.474. The molecule has 0 aromatic heterocycles. The molecular formula is C12H12ClNO3S. The van der Waals surface area contributed by atoms with Gasteiger partial charge in [0.25, 0.3) is 5.69 Å². The minimum atomic E-state index is -0.535. The van der Waals surface area contributed by atoms with E-state index < -0.39 is 9.67 Å². The number of nitro groups is 1. The van der Waals surface area contributed by atoms with Gasteiger partial charge in [0.2, 0.25) is 0 Å². The number of ketones is 1. The van der Waals surface area contributed by atoms with Crippen molar-refractivity contribution in [2.24, 2.45) is 0 Å². The number of non-ortho nitro benzene ring substituents is 1. The van der Waals surface area contributed by atoms with Gasteiger partial charge in [0.05, 0.1) is 9.67 Å². The average Bonchev–Trinajstić information content (AvgIpc) is 2.75. The molecule has 4 nitrogen and oxygen atoms in total. The lowest BCUT2D eigenvalue weighted by molar-refractivity contribution is -0.384. The van der Waals surface area contributed by atoms with Crippen LogP contribution in [0.5, 0.6) is 0 Å². The van der Waals surface area contributed by atoms with Gasteiger partial charge in [-0.15, -0.1) is 11.8 Å². The third kappa shape index (κ3) is 2.52. The van der Waals surface area contributed by atoms with Crippen LogP contribution >= 0.6 is 23.4 Å². The maximum atomic E-state index is 12.4. The van der Waals surface area contributed by atoms with Crippen molar-refractivity contribution in [3.05, 3.63) is 38.9 Å². The second-order valence-electron chi connectivity index (χ2n) is 4.47. The monoisotopic (exact) mass is 285 g/mol. The van der Waals surface area contributed by atoms with E-state index in [0.717, 1.165) is 18.6 Å². The molecule has 1 heterocycles. The van der Waals surface area contributed by atoms with Gasteiger partial charge in [-0.05, 0) is 31.6 Å². The Hall–Kier alpha value is -1.07. The van der Waals surface area contributed by atoms with E-state index in [0.29, 0.717) is 5.56 Å². The molecule has 96 valence electrons. The summed E-state index contributed by atoms with van der Waals surface area (Å²) in [5.41, 5.74) is 0.184. The Balaban J connectivity index is 2.38. The largest absolute Gasteiger partial charge is 0.293 e. The third-order valence-corrected chi connectivity index (χ3v) is 4.79. The molecule has 0 spiro atoms. The Morgan fingerprint density at radius 3 is 2.78 bits per heavy atom. The third-order valence-electron chi connectivity index (χ3n) is 3.05. The highest BCUT2D eigenvalue weighted by atomic mass is 35.5. The summed E-state index contributed by atoms with van der Waals surface area (Å²) in [5.74, 6) is 0.876. The van der Waals surface area contributed by atoms with E-state index in [1.165, 1.54) is 18.2 Å².